The Bertz CT molecular complexity index is 1520. The second kappa shape index (κ2) is 11.4. The summed E-state index contributed by atoms with van der Waals surface area (Å²) in [5.41, 5.74) is 1.40. The van der Waals surface area contributed by atoms with E-state index in [0.717, 1.165) is 33.4 Å². The van der Waals surface area contributed by atoms with Gasteiger partial charge < -0.3 is 19.8 Å². The number of aromatic nitrogens is 2. The van der Waals surface area contributed by atoms with Crippen molar-refractivity contribution in [2.45, 2.75) is 37.7 Å². The fourth-order valence-electron chi connectivity index (χ4n) is 6.15. The number of anilines is 2. The lowest BCUT2D eigenvalue weighted by Gasteiger charge is -2.37. The summed E-state index contributed by atoms with van der Waals surface area (Å²) >= 11 is 6.38. The van der Waals surface area contributed by atoms with E-state index in [1.54, 1.807) is 17.0 Å². The Labute approximate surface area is 250 Å². The Morgan fingerprint density at radius 3 is 2.30 bits per heavy atom. The number of piperidine rings is 1. The van der Waals surface area contributed by atoms with E-state index in [1.165, 1.54) is 0 Å². The van der Waals surface area contributed by atoms with Gasteiger partial charge in [-0.1, -0.05) is 29.8 Å². The quantitative estimate of drug-likeness (QED) is 0.353. The third-order valence-electron chi connectivity index (χ3n) is 8.50. The summed E-state index contributed by atoms with van der Waals surface area (Å²) in [6.45, 7) is 3.16. The first kappa shape index (κ1) is 29.3. The van der Waals surface area contributed by atoms with Gasteiger partial charge >= 0.3 is 12.1 Å². The molecule has 1 aliphatic carbocycles. The lowest BCUT2D eigenvalue weighted by molar-refractivity contribution is -0.145. The minimum Gasteiger partial charge on any atom is -0.478 e. The summed E-state index contributed by atoms with van der Waals surface area (Å²) in [5, 5.41) is 13.7. The standard InChI is InChI=1S/C30H30ClF4N5O3/c31-19-5-8-22(18-3-6-20(7-4-18)37-10-12-38(13-11-37)28(41)23-15-25(23)32)26(14-19)39-9-1-2-21(17-39)40-27(30(33,34)35)24(16-36-40)29(42)43/h3-8,14,16,21,23,25H,1-2,9-13,15,17H2,(H,42,43). The number of aromatic carboxylic acids is 1. The van der Waals surface area contributed by atoms with E-state index in [2.05, 4.69) is 10.00 Å². The first-order chi connectivity index (χ1) is 20.5. The SMILES string of the molecule is O=C(O)c1cnn(C2CCCN(c3cc(Cl)ccc3-c3ccc(N4CCN(C(=O)C5CC5F)CC4)cc3)C2)c1C(F)(F)F. The highest BCUT2D eigenvalue weighted by atomic mass is 35.5. The largest absolute Gasteiger partial charge is 0.478 e. The van der Waals surface area contributed by atoms with Crippen molar-refractivity contribution in [3.05, 3.63) is 64.9 Å². The number of alkyl halides is 4. The van der Waals surface area contributed by atoms with Gasteiger partial charge in [0.2, 0.25) is 5.91 Å². The summed E-state index contributed by atoms with van der Waals surface area (Å²) in [7, 11) is 0. The minimum atomic E-state index is -4.87. The third-order valence-corrected chi connectivity index (χ3v) is 8.74. The van der Waals surface area contributed by atoms with Crippen LogP contribution in [-0.4, -0.2) is 77.1 Å². The molecule has 1 saturated carbocycles. The molecule has 3 heterocycles. The highest BCUT2D eigenvalue weighted by Gasteiger charge is 2.46. The molecule has 2 aliphatic heterocycles. The molecule has 3 fully saturated rings. The third kappa shape index (κ3) is 5.89. The van der Waals surface area contributed by atoms with Crippen LogP contribution in [0, 0.1) is 5.92 Å². The normalized spacial score (nSPS) is 22.5. The van der Waals surface area contributed by atoms with Gasteiger partial charge in [-0.2, -0.15) is 18.3 Å². The van der Waals surface area contributed by atoms with E-state index in [9.17, 15) is 32.3 Å². The highest BCUT2D eigenvalue weighted by molar-refractivity contribution is 6.31. The number of benzene rings is 2. The molecule has 0 radical (unpaired) electrons. The van der Waals surface area contributed by atoms with Crippen molar-refractivity contribution in [3.63, 3.8) is 0 Å². The van der Waals surface area contributed by atoms with Crippen LogP contribution in [0.25, 0.3) is 11.1 Å². The van der Waals surface area contributed by atoms with Crippen molar-refractivity contribution in [2.24, 2.45) is 5.92 Å². The number of carboxylic acids is 1. The van der Waals surface area contributed by atoms with Gasteiger partial charge in [-0.3, -0.25) is 9.48 Å². The number of amides is 1. The fourth-order valence-corrected chi connectivity index (χ4v) is 6.32. The second-order valence-electron chi connectivity index (χ2n) is 11.3. The molecule has 3 atom stereocenters. The van der Waals surface area contributed by atoms with E-state index < -0.39 is 41.5 Å². The molecule has 0 bridgehead atoms. The van der Waals surface area contributed by atoms with Gasteiger partial charge in [0.05, 0.1) is 18.2 Å². The molecule has 2 saturated heterocycles. The number of piperazine rings is 1. The molecule has 43 heavy (non-hydrogen) atoms. The molecule has 6 rings (SSSR count). The van der Waals surface area contributed by atoms with Gasteiger partial charge in [0.1, 0.15) is 11.7 Å². The van der Waals surface area contributed by atoms with E-state index in [0.29, 0.717) is 57.0 Å². The zero-order valence-electron chi connectivity index (χ0n) is 23.1. The average molecular weight is 620 g/mol. The van der Waals surface area contributed by atoms with Crippen LogP contribution in [0.15, 0.2) is 48.7 Å². The molecule has 1 aromatic heterocycles. The lowest BCUT2D eigenvalue weighted by Crippen LogP contribution is -2.49. The Kier molecular flexibility index (Phi) is 7.74. The van der Waals surface area contributed by atoms with Gasteiger partial charge in [0.15, 0.2) is 5.69 Å². The molecular weight excluding hydrogens is 590 g/mol. The molecule has 13 heteroatoms. The van der Waals surface area contributed by atoms with Crippen molar-refractivity contribution in [1.82, 2.24) is 14.7 Å². The molecule has 3 aliphatic rings. The van der Waals surface area contributed by atoms with Crippen LogP contribution >= 0.6 is 11.6 Å². The number of rotatable bonds is 6. The van der Waals surface area contributed by atoms with Crippen LogP contribution in [0.3, 0.4) is 0 Å². The minimum absolute atomic E-state index is 0.0952. The van der Waals surface area contributed by atoms with Crippen molar-refractivity contribution in [1.29, 1.82) is 0 Å². The molecule has 2 aromatic carbocycles. The number of hydrogen-bond acceptors (Lipinski definition) is 5. The average Bonchev–Trinajstić information content (AvgIpc) is 3.54. The first-order valence-electron chi connectivity index (χ1n) is 14.2. The molecule has 1 N–H and O–H groups in total. The zero-order valence-corrected chi connectivity index (χ0v) is 23.9. The van der Waals surface area contributed by atoms with Crippen LogP contribution in [-0.2, 0) is 11.0 Å². The van der Waals surface area contributed by atoms with Crippen molar-refractivity contribution >= 4 is 34.9 Å². The summed E-state index contributed by atoms with van der Waals surface area (Å²) in [6, 6.07) is 12.7. The Hall–Kier alpha value is -3.80. The maximum atomic E-state index is 13.9. The molecule has 0 spiro atoms. The number of hydrogen-bond donors (Lipinski definition) is 1. The molecule has 3 unspecified atom stereocenters. The van der Waals surface area contributed by atoms with E-state index >= 15 is 0 Å². The Balaban J connectivity index is 1.20. The predicted octanol–water partition coefficient (Wildman–Crippen LogP) is 5.77. The van der Waals surface area contributed by atoms with E-state index in [-0.39, 0.29) is 12.5 Å². The van der Waals surface area contributed by atoms with E-state index in [1.807, 2.05) is 35.2 Å². The van der Waals surface area contributed by atoms with Crippen LogP contribution in [0.5, 0.6) is 0 Å². The van der Waals surface area contributed by atoms with Crippen LogP contribution in [0.4, 0.5) is 28.9 Å². The maximum absolute atomic E-state index is 13.9. The van der Waals surface area contributed by atoms with Gasteiger partial charge in [-0.15, -0.1) is 0 Å². The topological polar surface area (TPSA) is 81.9 Å². The van der Waals surface area contributed by atoms with Gasteiger partial charge in [-0.25, -0.2) is 9.18 Å². The summed E-state index contributed by atoms with van der Waals surface area (Å²) < 4.78 is 55.8. The zero-order chi connectivity index (χ0) is 30.5. The smallest absolute Gasteiger partial charge is 0.433 e. The van der Waals surface area contributed by atoms with E-state index in [4.69, 9.17) is 11.6 Å². The Morgan fingerprint density at radius 2 is 1.67 bits per heavy atom. The maximum Gasteiger partial charge on any atom is 0.433 e. The molecule has 3 aromatic rings. The van der Waals surface area contributed by atoms with Crippen molar-refractivity contribution < 1.29 is 32.3 Å². The number of carboxylic acid groups (broad SMARTS) is 1. The fraction of sp³-hybridized carbons (Fsp3) is 0.433. The number of nitrogens with zero attached hydrogens (tertiary/aromatic N) is 5. The van der Waals surface area contributed by atoms with Crippen LogP contribution in [0.1, 0.15) is 41.4 Å². The number of carbonyl (C=O) groups excluding carboxylic acids is 1. The summed E-state index contributed by atoms with van der Waals surface area (Å²) in [4.78, 5) is 29.7. The number of carbonyl (C=O) groups is 2. The van der Waals surface area contributed by atoms with Gasteiger partial charge in [0.25, 0.3) is 0 Å². The van der Waals surface area contributed by atoms with Gasteiger partial charge in [-0.05, 0) is 49.1 Å². The van der Waals surface area contributed by atoms with Crippen LogP contribution < -0.4 is 9.80 Å². The molecule has 228 valence electrons. The monoisotopic (exact) mass is 619 g/mol. The lowest BCUT2D eigenvalue weighted by atomic mass is 9.99. The second-order valence-corrected chi connectivity index (χ2v) is 11.7. The first-order valence-corrected chi connectivity index (χ1v) is 14.6. The summed E-state index contributed by atoms with van der Waals surface area (Å²) in [6.07, 6.45) is -3.78. The number of halogens is 5. The predicted molar refractivity (Wildman–Crippen MR) is 153 cm³/mol. The highest BCUT2D eigenvalue weighted by Crippen LogP contribution is 2.40. The molecular formula is C30H30ClF4N5O3. The van der Waals surface area contributed by atoms with Gasteiger partial charge in [0, 0.05) is 61.2 Å². The van der Waals surface area contributed by atoms with Crippen molar-refractivity contribution in [2.75, 3.05) is 49.1 Å². The summed E-state index contributed by atoms with van der Waals surface area (Å²) in [5.74, 6) is -2.24. The molecule has 8 nitrogen and oxygen atoms in total. The Morgan fingerprint density at radius 1 is 0.977 bits per heavy atom. The molecule has 1 amide bonds. The van der Waals surface area contributed by atoms with Crippen molar-refractivity contribution in [3.8, 4) is 11.1 Å². The van der Waals surface area contributed by atoms with Crippen LogP contribution in [0.2, 0.25) is 5.02 Å².